The van der Waals surface area contributed by atoms with Crippen molar-refractivity contribution in [3.63, 3.8) is 0 Å². The van der Waals surface area contributed by atoms with Crippen LogP contribution in [-0.4, -0.2) is 34.5 Å². The van der Waals surface area contributed by atoms with Crippen molar-refractivity contribution in [2.75, 3.05) is 6.54 Å². The van der Waals surface area contributed by atoms with Crippen molar-refractivity contribution >= 4 is 11.9 Å². The Hall–Kier alpha value is -2.82. The molecule has 1 aliphatic rings. The van der Waals surface area contributed by atoms with E-state index in [1.807, 2.05) is 18.2 Å². The lowest BCUT2D eigenvalue weighted by molar-refractivity contribution is -0.140. The van der Waals surface area contributed by atoms with Gasteiger partial charge in [-0.1, -0.05) is 24.3 Å². The summed E-state index contributed by atoms with van der Waals surface area (Å²) in [5.41, 5.74) is 2.70. The molecular weight excluding hydrogens is 306 g/mol. The summed E-state index contributed by atoms with van der Waals surface area (Å²) < 4.78 is 5.27. The zero-order valence-corrected chi connectivity index (χ0v) is 13.4. The third kappa shape index (κ3) is 3.40. The number of phenols is 1. The first kappa shape index (κ1) is 16.1. The van der Waals surface area contributed by atoms with Crippen molar-refractivity contribution in [1.82, 2.24) is 4.90 Å². The van der Waals surface area contributed by atoms with Crippen LogP contribution in [0, 0.1) is 0 Å². The van der Waals surface area contributed by atoms with Gasteiger partial charge in [-0.25, -0.2) is 4.79 Å². The Bertz CT molecular complexity index is 754. The monoisotopic (exact) mass is 325 g/mol. The fourth-order valence-corrected chi connectivity index (χ4v) is 2.82. The van der Waals surface area contributed by atoms with E-state index in [1.54, 1.807) is 11.8 Å². The molecule has 0 fully saturated rings. The summed E-state index contributed by atoms with van der Waals surface area (Å²) in [4.78, 5) is 26.3. The number of amides is 1. The van der Waals surface area contributed by atoms with Crippen molar-refractivity contribution in [2.45, 2.75) is 26.0 Å². The molecular formula is C19H19NO4. The molecule has 0 saturated heterocycles. The molecule has 3 rings (SSSR count). The average molecular weight is 325 g/mol. The lowest BCUT2D eigenvalue weighted by atomic mass is 9.99. The summed E-state index contributed by atoms with van der Waals surface area (Å²) in [6.45, 7) is 2.74. The van der Waals surface area contributed by atoms with Gasteiger partial charge in [-0.2, -0.15) is 0 Å². The highest BCUT2D eigenvalue weighted by molar-refractivity contribution is 5.92. The van der Waals surface area contributed by atoms with E-state index in [0.29, 0.717) is 18.7 Å². The van der Waals surface area contributed by atoms with Gasteiger partial charge in [0.05, 0.1) is 5.56 Å². The van der Waals surface area contributed by atoms with E-state index >= 15 is 0 Å². The third-order valence-electron chi connectivity index (χ3n) is 4.18. The van der Waals surface area contributed by atoms with Gasteiger partial charge in [0, 0.05) is 13.1 Å². The normalized spacial score (nSPS) is 14.6. The molecule has 0 aromatic heterocycles. The Morgan fingerprint density at radius 1 is 1.08 bits per heavy atom. The fourth-order valence-electron chi connectivity index (χ4n) is 2.82. The summed E-state index contributed by atoms with van der Waals surface area (Å²) in [6.07, 6.45) is -0.0443. The van der Waals surface area contributed by atoms with Crippen molar-refractivity contribution in [1.29, 1.82) is 0 Å². The molecule has 5 nitrogen and oxygen atoms in total. The van der Waals surface area contributed by atoms with Gasteiger partial charge in [-0.3, -0.25) is 4.79 Å². The lowest BCUT2D eigenvalue weighted by Gasteiger charge is -2.30. The van der Waals surface area contributed by atoms with Gasteiger partial charge in [0.15, 0.2) is 6.10 Å². The minimum absolute atomic E-state index is 0.0719. The van der Waals surface area contributed by atoms with Crippen molar-refractivity contribution in [3.05, 3.63) is 65.2 Å². The molecule has 0 saturated carbocycles. The Kier molecular flexibility index (Phi) is 4.51. The van der Waals surface area contributed by atoms with Crippen molar-refractivity contribution in [3.8, 4) is 5.75 Å². The second-order valence-corrected chi connectivity index (χ2v) is 5.87. The van der Waals surface area contributed by atoms with Gasteiger partial charge < -0.3 is 14.7 Å². The van der Waals surface area contributed by atoms with Crippen LogP contribution in [0.25, 0.3) is 0 Å². The molecule has 1 N–H and O–H groups in total. The number of hydrogen-bond acceptors (Lipinski definition) is 4. The van der Waals surface area contributed by atoms with Crippen LogP contribution in [0.1, 0.15) is 28.4 Å². The summed E-state index contributed by atoms with van der Waals surface area (Å²) in [6, 6.07) is 13.8. The Balaban J connectivity index is 1.63. The maximum atomic E-state index is 12.5. The summed E-state index contributed by atoms with van der Waals surface area (Å²) in [7, 11) is 0. The number of aromatic hydroxyl groups is 1. The second kappa shape index (κ2) is 6.74. The van der Waals surface area contributed by atoms with E-state index in [9.17, 15) is 14.7 Å². The van der Waals surface area contributed by atoms with Gasteiger partial charge in [-0.05, 0) is 48.7 Å². The molecule has 2 aromatic carbocycles. The minimum atomic E-state index is -0.850. The first-order valence-corrected chi connectivity index (χ1v) is 7.90. The first-order valence-electron chi connectivity index (χ1n) is 7.90. The number of esters is 1. The average Bonchev–Trinajstić information content (AvgIpc) is 2.61. The highest BCUT2D eigenvalue weighted by atomic mass is 16.5. The number of hydrogen-bond donors (Lipinski definition) is 1. The van der Waals surface area contributed by atoms with Gasteiger partial charge >= 0.3 is 5.97 Å². The molecule has 1 atom stereocenters. The number of carbonyl (C=O) groups is 2. The number of ether oxygens (including phenoxy) is 1. The number of fused-ring (bicyclic) bond motifs is 1. The van der Waals surface area contributed by atoms with Gasteiger partial charge in [-0.15, -0.1) is 0 Å². The van der Waals surface area contributed by atoms with Crippen LogP contribution in [0.5, 0.6) is 5.75 Å². The van der Waals surface area contributed by atoms with E-state index < -0.39 is 12.1 Å². The lowest BCUT2D eigenvalue weighted by Crippen LogP contribution is -2.42. The Morgan fingerprint density at radius 3 is 2.46 bits per heavy atom. The second-order valence-electron chi connectivity index (χ2n) is 5.87. The molecule has 0 radical (unpaired) electrons. The van der Waals surface area contributed by atoms with E-state index in [4.69, 9.17) is 4.74 Å². The van der Waals surface area contributed by atoms with Crippen LogP contribution < -0.4 is 0 Å². The molecule has 0 aliphatic carbocycles. The van der Waals surface area contributed by atoms with Crippen LogP contribution in [0.2, 0.25) is 0 Å². The predicted molar refractivity (Wildman–Crippen MR) is 88.5 cm³/mol. The molecule has 1 amide bonds. The summed E-state index contributed by atoms with van der Waals surface area (Å²) in [5, 5.41) is 9.25. The maximum absolute atomic E-state index is 12.5. The molecule has 1 heterocycles. The summed E-state index contributed by atoms with van der Waals surface area (Å²) in [5.74, 6) is -0.701. The standard InChI is InChI=1S/C19H19NO4/c1-13(24-19(23)15-6-8-17(21)9-7-15)18(22)20-11-10-14-4-2-3-5-16(14)12-20/h2-9,13,21H,10-12H2,1H3/t13-/m1/s1. The molecule has 0 spiro atoms. The SMILES string of the molecule is C[C@@H](OC(=O)c1ccc(O)cc1)C(=O)N1CCc2ccccc2C1. The van der Waals surface area contributed by atoms with Crippen LogP contribution in [-0.2, 0) is 22.5 Å². The smallest absolute Gasteiger partial charge is 0.338 e. The van der Waals surface area contributed by atoms with Crippen LogP contribution in [0.15, 0.2) is 48.5 Å². The zero-order valence-electron chi connectivity index (χ0n) is 13.4. The molecule has 24 heavy (non-hydrogen) atoms. The van der Waals surface area contributed by atoms with Crippen molar-refractivity contribution in [2.24, 2.45) is 0 Å². The van der Waals surface area contributed by atoms with Crippen LogP contribution >= 0.6 is 0 Å². The zero-order chi connectivity index (χ0) is 17.1. The maximum Gasteiger partial charge on any atom is 0.338 e. The Morgan fingerprint density at radius 2 is 1.75 bits per heavy atom. The van der Waals surface area contributed by atoms with E-state index in [-0.39, 0.29) is 11.7 Å². The number of phenolic OH excluding ortho intramolecular Hbond substituents is 1. The largest absolute Gasteiger partial charge is 0.508 e. The predicted octanol–water partition coefficient (Wildman–Crippen LogP) is 2.52. The van der Waals surface area contributed by atoms with Gasteiger partial charge in [0.1, 0.15) is 5.75 Å². The molecule has 0 bridgehead atoms. The number of carbonyl (C=O) groups excluding carboxylic acids is 2. The molecule has 5 heteroatoms. The number of nitrogens with zero attached hydrogens (tertiary/aromatic N) is 1. The minimum Gasteiger partial charge on any atom is -0.508 e. The number of benzene rings is 2. The van der Waals surface area contributed by atoms with E-state index in [0.717, 1.165) is 12.0 Å². The van der Waals surface area contributed by atoms with Crippen LogP contribution in [0.4, 0.5) is 0 Å². The molecule has 1 aliphatic heterocycles. The Labute approximate surface area is 140 Å². The van der Waals surface area contributed by atoms with Gasteiger partial charge in [0.25, 0.3) is 5.91 Å². The molecule has 0 unspecified atom stereocenters. The highest BCUT2D eigenvalue weighted by Crippen LogP contribution is 2.20. The molecule has 2 aromatic rings. The van der Waals surface area contributed by atoms with Crippen molar-refractivity contribution < 1.29 is 19.4 Å². The fraction of sp³-hybridized carbons (Fsp3) is 0.263. The van der Waals surface area contributed by atoms with E-state index in [1.165, 1.54) is 29.8 Å². The summed E-state index contributed by atoms with van der Waals surface area (Å²) >= 11 is 0. The topological polar surface area (TPSA) is 66.8 Å². The number of rotatable bonds is 3. The third-order valence-corrected chi connectivity index (χ3v) is 4.18. The van der Waals surface area contributed by atoms with Gasteiger partial charge in [0.2, 0.25) is 0 Å². The molecule has 124 valence electrons. The quantitative estimate of drug-likeness (QED) is 0.881. The highest BCUT2D eigenvalue weighted by Gasteiger charge is 2.27. The van der Waals surface area contributed by atoms with Crippen LogP contribution in [0.3, 0.4) is 0 Å². The first-order chi connectivity index (χ1) is 11.5. The van der Waals surface area contributed by atoms with E-state index in [2.05, 4.69) is 6.07 Å².